The molecule has 11 aliphatic rings. The fraction of sp³-hybridized carbons (Fsp3) is 0.778. The van der Waals surface area contributed by atoms with E-state index in [0.717, 1.165) is 82.6 Å². The highest BCUT2D eigenvalue weighted by Crippen LogP contribution is 2.73. The number of para-hydroxylation sites is 1. The Morgan fingerprint density at radius 2 is 1.83 bits per heavy atom. The van der Waals surface area contributed by atoms with Gasteiger partial charge in [0.15, 0.2) is 12.8 Å². The molecule has 9 fully saturated rings. The van der Waals surface area contributed by atoms with Crippen molar-refractivity contribution in [2.75, 3.05) is 25.1 Å². The van der Waals surface area contributed by atoms with Crippen LogP contribution in [0.2, 0.25) is 0 Å². The topological polar surface area (TPSA) is 117 Å². The maximum Gasteiger partial charge on any atom is 0.362 e. The summed E-state index contributed by atoms with van der Waals surface area (Å²) >= 11 is 0. The molecular formula is C45H61N2O7+. The summed E-state index contributed by atoms with van der Waals surface area (Å²) in [4.78, 5) is 28.8. The van der Waals surface area contributed by atoms with Crippen LogP contribution in [0.3, 0.4) is 0 Å². The van der Waals surface area contributed by atoms with Crippen molar-refractivity contribution in [3.05, 3.63) is 41.5 Å². The van der Waals surface area contributed by atoms with Crippen molar-refractivity contribution in [3.8, 4) is 0 Å². The van der Waals surface area contributed by atoms with Crippen LogP contribution in [0.15, 0.2) is 35.9 Å². The van der Waals surface area contributed by atoms with Gasteiger partial charge in [-0.2, -0.15) is 0 Å². The van der Waals surface area contributed by atoms with Crippen LogP contribution in [0, 0.1) is 52.3 Å². The van der Waals surface area contributed by atoms with E-state index in [1.807, 2.05) is 0 Å². The number of anilines is 1. The number of nitrogens with zero attached hydrogens (tertiary/aromatic N) is 2. The zero-order valence-electron chi connectivity index (χ0n) is 32.7. The molecule has 6 aliphatic heterocycles. The summed E-state index contributed by atoms with van der Waals surface area (Å²) in [6.45, 7) is 7.48. The number of carbonyl (C=O) groups excluding carboxylic acids is 2. The first-order chi connectivity index (χ1) is 25.8. The summed E-state index contributed by atoms with van der Waals surface area (Å²) < 4.78 is 12.3. The van der Waals surface area contributed by atoms with E-state index in [9.17, 15) is 24.9 Å². The lowest BCUT2D eigenvalue weighted by molar-refractivity contribution is -1.03. The van der Waals surface area contributed by atoms with Gasteiger partial charge >= 0.3 is 11.9 Å². The second kappa shape index (κ2) is 11.1. The predicted octanol–water partition coefficient (Wildman–Crippen LogP) is 5.24. The number of likely N-dealkylation sites (N-methyl/N-ethyl adjacent to an activating group) is 1. The average Bonchev–Trinajstić information content (AvgIpc) is 3.83. The van der Waals surface area contributed by atoms with E-state index >= 15 is 0 Å². The van der Waals surface area contributed by atoms with Crippen LogP contribution in [-0.4, -0.2) is 94.1 Å². The Morgan fingerprint density at radius 1 is 1.02 bits per heavy atom. The molecule has 3 N–H and O–H groups in total. The molecule has 5 bridgehead atoms. The Balaban J connectivity index is 0.829. The van der Waals surface area contributed by atoms with Crippen LogP contribution in [0.5, 0.6) is 0 Å². The summed E-state index contributed by atoms with van der Waals surface area (Å²) in [5.41, 5.74) is 2.28. The van der Waals surface area contributed by atoms with Crippen LogP contribution < -0.4 is 4.90 Å². The van der Waals surface area contributed by atoms with Gasteiger partial charge in [0, 0.05) is 48.9 Å². The molecule has 18 atom stereocenters. The van der Waals surface area contributed by atoms with E-state index in [-0.39, 0.29) is 88.5 Å². The number of hydrogen-bond donors (Lipinski definition) is 3. The lowest BCUT2D eigenvalue weighted by Crippen LogP contribution is -2.83. The van der Waals surface area contributed by atoms with Crippen LogP contribution in [-0.2, 0) is 24.5 Å². The van der Waals surface area contributed by atoms with Gasteiger partial charge in [-0.15, -0.1) is 0 Å². The maximum atomic E-state index is 14.5. The van der Waals surface area contributed by atoms with Crippen molar-refractivity contribution in [2.45, 2.75) is 145 Å². The van der Waals surface area contributed by atoms with Crippen molar-refractivity contribution in [3.63, 3.8) is 0 Å². The molecule has 54 heavy (non-hydrogen) atoms. The summed E-state index contributed by atoms with van der Waals surface area (Å²) in [6.07, 6.45) is 11.5. The van der Waals surface area contributed by atoms with E-state index in [1.54, 1.807) is 6.08 Å². The van der Waals surface area contributed by atoms with E-state index in [2.05, 4.69) is 57.0 Å². The molecule has 12 rings (SSSR count). The van der Waals surface area contributed by atoms with Crippen LogP contribution in [0.4, 0.5) is 5.69 Å². The zero-order valence-corrected chi connectivity index (χ0v) is 32.7. The number of fused-ring (bicyclic) bond motifs is 7. The molecule has 1 aromatic rings. The number of benzene rings is 1. The highest BCUT2D eigenvalue weighted by molar-refractivity contribution is 5.85. The van der Waals surface area contributed by atoms with Gasteiger partial charge in [-0.25, -0.2) is 9.59 Å². The predicted molar refractivity (Wildman–Crippen MR) is 201 cm³/mol. The van der Waals surface area contributed by atoms with Crippen LogP contribution >= 0.6 is 0 Å². The van der Waals surface area contributed by atoms with E-state index in [0.29, 0.717) is 22.9 Å². The van der Waals surface area contributed by atoms with Gasteiger partial charge in [0.2, 0.25) is 0 Å². The van der Waals surface area contributed by atoms with Gasteiger partial charge < -0.3 is 29.7 Å². The smallest absolute Gasteiger partial charge is 0.362 e. The van der Waals surface area contributed by atoms with Crippen LogP contribution in [0.25, 0.3) is 0 Å². The SMILES string of the molecule is CC[C@H]1[C@H]2C[C@H]3[C@@H]4N(C)c5ccccc5[C@]45C[C@@H]([C@@H]2[C@H]5O)[N@+]3(CC(=O)O[C@H]2CC[C@@]3(C)[C@H](CC[C@@H]4[C@@H]3CC[C@]3(C)[C@@H](C5=CC(=O)OC5)CC[C@]43O)C2)[C@@H]1O. The number of ether oxygens (including phenoxy) is 2. The standard InChI is InChI=1S/C45H61N2O7/c1-5-27-28-20-34-39-44(32-8-6-7-9-33(32)46(39)4)21-35(38(28)40(44)50)47(34,41(27)51)22-37(49)54-26-12-15-42(2)25(19-26)10-11-31-30(42)13-16-43(3)29(14-17-45(31,43)52)24-18-36(48)53-23-24/h6-9,18,25-31,34-35,38-41,50-52H,5,10-17,19-23H2,1-4H3/q+1/t25-,26+,27+,28-,29-,30+,31-,34+,35+,38-,39+,40-,41-,42+,43-,44-,45+,47-/m1/s1. The number of piperidine rings is 4. The first-order valence-corrected chi connectivity index (χ1v) is 21.7. The van der Waals surface area contributed by atoms with Gasteiger partial charge in [-0.1, -0.05) is 39.0 Å². The molecule has 5 aliphatic carbocycles. The number of aliphatic hydroxyl groups excluding tert-OH is 2. The van der Waals surface area contributed by atoms with Gasteiger partial charge in [0.1, 0.15) is 18.8 Å². The largest absolute Gasteiger partial charge is 0.458 e. The monoisotopic (exact) mass is 741 g/mol. The number of esters is 2. The molecule has 292 valence electrons. The summed E-state index contributed by atoms with van der Waals surface area (Å²) in [7, 11) is 2.17. The molecule has 0 aromatic heterocycles. The number of quaternary nitrogens is 1. The molecule has 4 saturated heterocycles. The third-order valence-electron chi connectivity index (χ3n) is 19.8. The number of aliphatic hydroxyl groups is 3. The fourth-order valence-corrected chi connectivity index (χ4v) is 17.6. The Labute approximate surface area is 320 Å². The molecular weight excluding hydrogens is 681 g/mol. The first kappa shape index (κ1) is 34.8. The number of hydrogen-bond acceptors (Lipinski definition) is 8. The van der Waals surface area contributed by atoms with Gasteiger partial charge in [-0.05, 0) is 116 Å². The summed E-state index contributed by atoms with van der Waals surface area (Å²) in [6, 6.07) is 8.74. The van der Waals surface area contributed by atoms with E-state index in [4.69, 9.17) is 9.47 Å². The second-order valence-electron chi connectivity index (χ2n) is 20.7. The summed E-state index contributed by atoms with van der Waals surface area (Å²) in [5, 5.41) is 37.5. The van der Waals surface area contributed by atoms with Crippen molar-refractivity contribution in [1.29, 1.82) is 0 Å². The van der Waals surface area contributed by atoms with Gasteiger partial charge in [-0.3, -0.25) is 4.48 Å². The Hall–Kier alpha value is -2.46. The average molecular weight is 742 g/mol. The van der Waals surface area contributed by atoms with Crippen molar-refractivity contribution in [1.82, 2.24) is 0 Å². The maximum absolute atomic E-state index is 14.5. The van der Waals surface area contributed by atoms with Crippen molar-refractivity contribution >= 4 is 17.6 Å². The minimum absolute atomic E-state index is 0.0370. The third kappa shape index (κ3) is 3.88. The molecule has 9 heteroatoms. The third-order valence-corrected chi connectivity index (χ3v) is 19.8. The van der Waals surface area contributed by atoms with E-state index in [1.165, 1.54) is 11.3 Å². The second-order valence-corrected chi connectivity index (χ2v) is 20.7. The lowest BCUT2D eigenvalue weighted by atomic mass is 9.43. The molecule has 0 radical (unpaired) electrons. The fourth-order valence-electron chi connectivity index (χ4n) is 17.6. The van der Waals surface area contributed by atoms with Crippen molar-refractivity contribution < 1.29 is 38.9 Å². The number of cyclic esters (lactones) is 1. The molecule has 1 aromatic carbocycles. The molecule has 9 nitrogen and oxygen atoms in total. The number of carbonyl (C=O) groups is 2. The normalized spacial score (nSPS) is 54.4. The highest BCUT2D eigenvalue weighted by atomic mass is 16.5. The quantitative estimate of drug-likeness (QED) is 0.278. The van der Waals surface area contributed by atoms with Crippen LogP contribution in [0.1, 0.15) is 103 Å². The molecule has 5 saturated carbocycles. The molecule has 0 amide bonds. The Kier molecular flexibility index (Phi) is 7.17. The van der Waals surface area contributed by atoms with Crippen molar-refractivity contribution in [2.24, 2.45) is 52.3 Å². The Bertz CT molecular complexity index is 1830. The van der Waals surface area contributed by atoms with Gasteiger partial charge in [0.25, 0.3) is 0 Å². The lowest BCUT2D eigenvalue weighted by Gasteiger charge is -2.67. The highest BCUT2D eigenvalue weighted by Gasteiger charge is 2.83. The molecule has 1 spiro atoms. The zero-order chi connectivity index (χ0) is 37.3. The Morgan fingerprint density at radius 3 is 2.61 bits per heavy atom. The first-order valence-electron chi connectivity index (χ1n) is 21.7. The minimum Gasteiger partial charge on any atom is -0.458 e. The number of rotatable bonds is 5. The van der Waals surface area contributed by atoms with E-state index < -0.39 is 17.9 Å². The molecule has 0 unspecified atom stereocenters. The molecule has 6 heterocycles. The minimum atomic E-state index is -0.739. The summed E-state index contributed by atoms with van der Waals surface area (Å²) in [5.74, 6) is 1.32. The van der Waals surface area contributed by atoms with Gasteiger partial charge in [0.05, 0.1) is 29.2 Å².